The lowest BCUT2D eigenvalue weighted by Gasteiger charge is -2.20. The third-order valence-corrected chi connectivity index (χ3v) is 2.29. The number of aliphatic hydroxyl groups is 1. The number of halogens is 1. The Hall–Kier alpha value is -0.800. The van der Waals surface area contributed by atoms with Gasteiger partial charge in [0, 0.05) is 6.20 Å². The van der Waals surface area contributed by atoms with Crippen molar-refractivity contribution >= 4 is 17.4 Å². The SMILES string of the molecule is CC(C)[C@@H](CO)Nc1ccc(Cl)cn1. The standard InChI is InChI=1S/C10H15ClN2O/c1-7(2)9(6-14)13-10-4-3-8(11)5-12-10/h3-5,7,9,14H,6H2,1-2H3,(H,12,13)/t9-/m1/s1. The van der Waals surface area contributed by atoms with E-state index in [2.05, 4.69) is 10.3 Å². The molecule has 0 aromatic carbocycles. The van der Waals surface area contributed by atoms with E-state index in [0.717, 1.165) is 5.82 Å². The smallest absolute Gasteiger partial charge is 0.126 e. The highest BCUT2D eigenvalue weighted by Crippen LogP contribution is 2.12. The third-order valence-electron chi connectivity index (χ3n) is 2.06. The molecule has 0 fully saturated rings. The molecule has 0 unspecified atom stereocenters. The number of hydrogen-bond acceptors (Lipinski definition) is 3. The van der Waals surface area contributed by atoms with E-state index in [0.29, 0.717) is 10.9 Å². The summed E-state index contributed by atoms with van der Waals surface area (Å²) in [4.78, 5) is 4.09. The summed E-state index contributed by atoms with van der Waals surface area (Å²) in [5.41, 5.74) is 0. The Labute approximate surface area is 89.1 Å². The molecule has 1 aromatic rings. The molecule has 0 radical (unpaired) electrons. The van der Waals surface area contributed by atoms with Gasteiger partial charge in [-0.3, -0.25) is 0 Å². The van der Waals surface area contributed by atoms with Crippen LogP contribution in [0.2, 0.25) is 5.02 Å². The fourth-order valence-electron chi connectivity index (χ4n) is 1.07. The fourth-order valence-corrected chi connectivity index (χ4v) is 1.19. The minimum absolute atomic E-state index is 0.0312. The molecule has 1 atom stereocenters. The van der Waals surface area contributed by atoms with E-state index in [4.69, 9.17) is 16.7 Å². The Morgan fingerprint density at radius 2 is 2.21 bits per heavy atom. The second kappa shape index (κ2) is 5.17. The van der Waals surface area contributed by atoms with E-state index in [9.17, 15) is 0 Å². The average molecular weight is 215 g/mol. The van der Waals surface area contributed by atoms with Gasteiger partial charge < -0.3 is 10.4 Å². The molecule has 1 heterocycles. The van der Waals surface area contributed by atoms with Crippen LogP contribution >= 0.6 is 11.6 Å². The van der Waals surface area contributed by atoms with Crippen molar-refractivity contribution in [3.63, 3.8) is 0 Å². The number of pyridine rings is 1. The van der Waals surface area contributed by atoms with Crippen molar-refractivity contribution in [2.24, 2.45) is 5.92 Å². The van der Waals surface area contributed by atoms with E-state index in [1.165, 1.54) is 0 Å². The summed E-state index contributed by atoms with van der Waals surface area (Å²) in [5, 5.41) is 12.8. The van der Waals surface area contributed by atoms with Gasteiger partial charge in [0.2, 0.25) is 0 Å². The van der Waals surface area contributed by atoms with Crippen LogP contribution in [-0.2, 0) is 0 Å². The number of aromatic nitrogens is 1. The third kappa shape index (κ3) is 3.16. The monoisotopic (exact) mass is 214 g/mol. The number of anilines is 1. The Balaban J connectivity index is 2.63. The number of aliphatic hydroxyl groups excluding tert-OH is 1. The molecule has 0 saturated carbocycles. The zero-order valence-corrected chi connectivity index (χ0v) is 9.12. The molecule has 4 heteroatoms. The quantitative estimate of drug-likeness (QED) is 0.808. The van der Waals surface area contributed by atoms with Crippen LogP contribution in [0.15, 0.2) is 18.3 Å². The van der Waals surface area contributed by atoms with Gasteiger partial charge in [0.25, 0.3) is 0 Å². The number of nitrogens with one attached hydrogen (secondary N) is 1. The van der Waals surface area contributed by atoms with Crippen LogP contribution in [0.5, 0.6) is 0 Å². The first kappa shape index (κ1) is 11.3. The molecule has 0 aliphatic carbocycles. The molecule has 1 aromatic heterocycles. The van der Waals surface area contributed by atoms with Crippen LogP contribution in [-0.4, -0.2) is 22.7 Å². The van der Waals surface area contributed by atoms with E-state index in [1.807, 2.05) is 13.8 Å². The van der Waals surface area contributed by atoms with Gasteiger partial charge in [0.15, 0.2) is 0 Å². The summed E-state index contributed by atoms with van der Waals surface area (Å²) < 4.78 is 0. The topological polar surface area (TPSA) is 45.1 Å². The molecule has 0 amide bonds. The van der Waals surface area contributed by atoms with Gasteiger partial charge in [-0.15, -0.1) is 0 Å². The lowest BCUT2D eigenvalue weighted by atomic mass is 10.1. The fraction of sp³-hybridized carbons (Fsp3) is 0.500. The molecule has 14 heavy (non-hydrogen) atoms. The molecule has 1 rings (SSSR count). The maximum atomic E-state index is 9.10. The van der Waals surface area contributed by atoms with Gasteiger partial charge in [-0.25, -0.2) is 4.98 Å². The average Bonchev–Trinajstić information content (AvgIpc) is 2.16. The largest absolute Gasteiger partial charge is 0.394 e. The second-order valence-electron chi connectivity index (χ2n) is 3.54. The van der Waals surface area contributed by atoms with Crippen molar-refractivity contribution in [1.82, 2.24) is 4.98 Å². The summed E-state index contributed by atoms with van der Waals surface area (Å²) in [6.07, 6.45) is 1.58. The number of rotatable bonds is 4. The summed E-state index contributed by atoms with van der Waals surface area (Å²) in [6.45, 7) is 4.19. The summed E-state index contributed by atoms with van der Waals surface area (Å²) >= 11 is 5.70. The van der Waals surface area contributed by atoms with E-state index in [1.54, 1.807) is 18.3 Å². The summed E-state index contributed by atoms with van der Waals surface area (Å²) in [7, 11) is 0. The molecule has 0 aliphatic rings. The number of hydrogen-bond donors (Lipinski definition) is 2. The van der Waals surface area contributed by atoms with Crippen molar-refractivity contribution in [2.75, 3.05) is 11.9 Å². The Kier molecular flexibility index (Phi) is 4.17. The van der Waals surface area contributed by atoms with Gasteiger partial charge in [-0.05, 0) is 18.1 Å². The first-order valence-corrected chi connectivity index (χ1v) is 5.00. The van der Waals surface area contributed by atoms with E-state index in [-0.39, 0.29) is 12.6 Å². The molecule has 0 bridgehead atoms. The molecule has 0 aliphatic heterocycles. The molecule has 3 nitrogen and oxygen atoms in total. The Morgan fingerprint density at radius 1 is 1.50 bits per heavy atom. The van der Waals surface area contributed by atoms with E-state index < -0.39 is 0 Å². The predicted octanol–water partition coefficient (Wildman–Crippen LogP) is 2.16. The van der Waals surface area contributed by atoms with Gasteiger partial charge in [0.1, 0.15) is 5.82 Å². The Bertz CT molecular complexity index is 274. The van der Waals surface area contributed by atoms with Crippen LogP contribution in [0.4, 0.5) is 5.82 Å². The molecule has 2 N–H and O–H groups in total. The maximum absolute atomic E-state index is 9.10. The molecule has 0 saturated heterocycles. The van der Waals surface area contributed by atoms with Crippen molar-refractivity contribution in [1.29, 1.82) is 0 Å². The van der Waals surface area contributed by atoms with Crippen LogP contribution in [0, 0.1) is 5.92 Å². The van der Waals surface area contributed by atoms with Crippen molar-refractivity contribution < 1.29 is 5.11 Å². The lowest BCUT2D eigenvalue weighted by Crippen LogP contribution is -2.29. The minimum Gasteiger partial charge on any atom is -0.394 e. The zero-order valence-electron chi connectivity index (χ0n) is 8.37. The summed E-state index contributed by atoms with van der Waals surface area (Å²) in [6, 6.07) is 3.60. The van der Waals surface area contributed by atoms with Gasteiger partial charge in [0.05, 0.1) is 17.7 Å². The normalized spacial score (nSPS) is 12.9. The first-order chi connectivity index (χ1) is 6.63. The van der Waals surface area contributed by atoms with Crippen LogP contribution < -0.4 is 5.32 Å². The predicted molar refractivity (Wildman–Crippen MR) is 58.6 cm³/mol. The highest BCUT2D eigenvalue weighted by Gasteiger charge is 2.11. The van der Waals surface area contributed by atoms with Crippen LogP contribution in [0.3, 0.4) is 0 Å². The molecule has 78 valence electrons. The van der Waals surface area contributed by atoms with Crippen LogP contribution in [0.25, 0.3) is 0 Å². The molecule has 0 spiro atoms. The highest BCUT2D eigenvalue weighted by atomic mass is 35.5. The lowest BCUT2D eigenvalue weighted by molar-refractivity contribution is 0.249. The first-order valence-electron chi connectivity index (χ1n) is 4.62. The number of nitrogens with zero attached hydrogens (tertiary/aromatic N) is 1. The van der Waals surface area contributed by atoms with E-state index >= 15 is 0 Å². The van der Waals surface area contributed by atoms with Gasteiger partial charge >= 0.3 is 0 Å². The Morgan fingerprint density at radius 3 is 2.64 bits per heavy atom. The van der Waals surface area contributed by atoms with Crippen molar-refractivity contribution in [3.8, 4) is 0 Å². The maximum Gasteiger partial charge on any atom is 0.126 e. The van der Waals surface area contributed by atoms with Crippen LogP contribution in [0.1, 0.15) is 13.8 Å². The minimum atomic E-state index is 0.0312. The second-order valence-corrected chi connectivity index (χ2v) is 3.98. The van der Waals surface area contributed by atoms with Crippen molar-refractivity contribution in [3.05, 3.63) is 23.4 Å². The molecular formula is C10H15ClN2O. The van der Waals surface area contributed by atoms with Gasteiger partial charge in [-0.2, -0.15) is 0 Å². The van der Waals surface area contributed by atoms with Crippen molar-refractivity contribution in [2.45, 2.75) is 19.9 Å². The highest BCUT2D eigenvalue weighted by molar-refractivity contribution is 6.30. The zero-order chi connectivity index (χ0) is 10.6. The van der Waals surface area contributed by atoms with Gasteiger partial charge in [-0.1, -0.05) is 25.4 Å². The summed E-state index contributed by atoms with van der Waals surface area (Å²) in [5.74, 6) is 1.10. The molecular weight excluding hydrogens is 200 g/mol.